The Morgan fingerprint density at radius 2 is 2.35 bits per heavy atom. The van der Waals surface area contributed by atoms with Gasteiger partial charge in [0, 0.05) is 6.54 Å². The number of amides is 1. The molecule has 1 aliphatic rings. The van der Waals surface area contributed by atoms with Crippen LogP contribution in [0.25, 0.3) is 0 Å². The van der Waals surface area contributed by atoms with Gasteiger partial charge in [-0.15, -0.1) is 0 Å². The van der Waals surface area contributed by atoms with E-state index in [4.69, 9.17) is 11.6 Å². The Kier molecular flexibility index (Phi) is 5.38. The van der Waals surface area contributed by atoms with Crippen LogP contribution in [0.15, 0.2) is 18.2 Å². The van der Waals surface area contributed by atoms with Crippen molar-refractivity contribution in [3.05, 3.63) is 34.6 Å². The molecular formula is C15H20ClFN2O. The number of halogens is 2. The van der Waals surface area contributed by atoms with E-state index >= 15 is 0 Å². The average Bonchev–Trinajstić information content (AvgIpc) is 2.48. The molecule has 2 atom stereocenters. The van der Waals surface area contributed by atoms with Crippen molar-refractivity contribution < 1.29 is 9.18 Å². The predicted molar refractivity (Wildman–Crippen MR) is 78.1 cm³/mol. The SMILES string of the molecule is CCC1CCNC(C(=O)NCc2ccc(F)c(Cl)c2)C1. The van der Waals surface area contributed by atoms with Crippen molar-refractivity contribution in [1.29, 1.82) is 0 Å². The van der Waals surface area contributed by atoms with Gasteiger partial charge in [0.1, 0.15) is 5.82 Å². The third-order valence-electron chi connectivity index (χ3n) is 3.86. The molecule has 2 unspecified atom stereocenters. The fourth-order valence-electron chi connectivity index (χ4n) is 2.53. The van der Waals surface area contributed by atoms with Crippen molar-refractivity contribution in [3.8, 4) is 0 Å². The van der Waals surface area contributed by atoms with E-state index in [-0.39, 0.29) is 17.0 Å². The fraction of sp³-hybridized carbons (Fsp3) is 0.533. The zero-order valence-corrected chi connectivity index (χ0v) is 12.3. The standard InChI is InChI=1S/C15H20ClFN2O/c1-2-10-5-6-18-14(8-10)15(20)19-9-11-3-4-13(17)12(16)7-11/h3-4,7,10,14,18H,2,5-6,8-9H2,1H3,(H,19,20). The highest BCUT2D eigenvalue weighted by molar-refractivity contribution is 6.30. The lowest BCUT2D eigenvalue weighted by molar-refractivity contribution is -0.124. The van der Waals surface area contributed by atoms with Crippen molar-refractivity contribution in [1.82, 2.24) is 10.6 Å². The van der Waals surface area contributed by atoms with E-state index in [0.717, 1.165) is 31.4 Å². The van der Waals surface area contributed by atoms with Crippen molar-refractivity contribution in [2.45, 2.75) is 38.8 Å². The van der Waals surface area contributed by atoms with Gasteiger partial charge in [-0.05, 0) is 43.0 Å². The van der Waals surface area contributed by atoms with Crippen LogP contribution < -0.4 is 10.6 Å². The van der Waals surface area contributed by atoms with Gasteiger partial charge < -0.3 is 10.6 Å². The first-order chi connectivity index (χ1) is 9.60. The quantitative estimate of drug-likeness (QED) is 0.897. The van der Waals surface area contributed by atoms with E-state index in [1.807, 2.05) is 0 Å². The molecule has 1 fully saturated rings. The van der Waals surface area contributed by atoms with Gasteiger partial charge in [0.2, 0.25) is 5.91 Å². The number of carbonyl (C=O) groups is 1. The van der Waals surface area contributed by atoms with Gasteiger partial charge in [0.15, 0.2) is 0 Å². The smallest absolute Gasteiger partial charge is 0.237 e. The zero-order valence-electron chi connectivity index (χ0n) is 11.6. The molecule has 1 heterocycles. The van der Waals surface area contributed by atoms with E-state index in [1.165, 1.54) is 6.07 Å². The second-order valence-electron chi connectivity index (χ2n) is 5.27. The van der Waals surface area contributed by atoms with Gasteiger partial charge in [-0.2, -0.15) is 0 Å². The lowest BCUT2D eigenvalue weighted by Crippen LogP contribution is -2.48. The normalized spacial score (nSPS) is 22.6. The molecule has 0 aromatic heterocycles. The monoisotopic (exact) mass is 298 g/mol. The summed E-state index contributed by atoms with van der Waals surface area (Å²) in [5.74, 6) is 0.178. The van der Waals surface area contributed by atoms with Crippen LogP contribution in [0.1, 0.15) is 31.7 Å². The van der Waals surface area contributed by atoms with Crippen molar-refractivity contribution in [2.75, 3.05) is 6.54 Å². The predicted octanol–water partition coefficient (Wildman–Crippen LogP) is 2.87. The van der Waals surface area contributed by atoms with Crippen molar-refractivity contribution in [2.24, 2.45) is 5.92 Å². The number of hydrogen-bond donors (Lipinski definition) is 2. The minimum atomic E-state index is -0.443. The number of piperidine rings is 1. The second kappa shape index (κ2) is 7.04. The van der Waals surface area contributed by atoms with Crippen molar-refractivity contribution >= 4 is 17.5 Å². The van der Waals surface area contributed by atoms with Crippen molar-refractivity contribution in [3.63, 3.8) is 0 Å². The number of hydrogen-bond acceptors (Lipinski definition) is 2. The molecular weight excluding hydrogens is 279 g/mol. The van der Waals surface area contributed by atoms with E-state index in [1.54, 1.807) is 12.1 Å². The average molecular weight is 299 g/mol. The van der Waals surface area contributed by atoms with E-state index in [2.05, 4.69) is 17.6 Å². The van der Waals surface area contributed by atoms with E-state index in [0.29, 0.717) is 12.5 Å². The molecule has 5 heteroatoms. The highest BCUT2D eigenvalue weighted by Crippen LogP contribution is 2.19. The molecule has 2 N–H and O–H groups in total. The molecule has 0 spiro atoms. The summed E-state index contributed by atoms with van der Waals surface area (Å²) >= 11 is 5.72. The number of carbonyl (C=O) groups excluding carboxylic acids is 1. The Morgan fingerprint density at radius 3 is 3.05 bits per heavy atom. The number of benzene rings is 1. The molecule has 20 heavy (non-hydrogen) atoms. The second-order valence-corrected chi connectivity index (χ2v) is 5.68. The third-order valence-corrected chi connectivity index (χ3v) is 4.15. The maximum absolute atomic E-state index is 13.0. The summed E-state index contributed by atoms with van der Waals surface area (Å²) in [6.45, 7) is 3.41. The highest BCUT2D eigenvalue weighted by atomic mass is 35.5. The van der Waals surface area contributed by atoms with Crippen LogP contribution in [0.4, 0.5) is 4.39 Å². The maximum atomic E-state index is 13.0. The number of nitrogens with one attached hydrogen (secondary N) is 2. The molecule has 1 saturated heterocycles. The van der Waals surface area contributed by atoms with Crippen LogP contribution >= 0.6 is 11.6 Å². The molecule has 2 rings (SSSR count). The molecule has 0 radical (unpaired) electrons. The first kappa shape index (κ1) is 15.3. The van der Waals surface area contributed by atoms with Crippen LogP contribution in [0.3, 0.4) is 0 Å². The van der Waals surface area contributed by atoms with Crippen LogP contribution in [-0.2, 0) is 11.3 Å². The molecule has 1 amide bonds. The zero-order chi connectivity index (χ0) is 14.5. The van der Waals surface area contributed by atoms with Crippen LogP contribution in [0.5, 0.6) is 0 Å². The molecule has 110 valence electrons. The Morgan fingerprint density at radius 1 is 1.55 bits per heavy atom. The summed E-state index contributed by atoms with van der Waals surface area (Å²) in [5, 5.41) is 6.20. The topological polar surface area (TPSA) is 41.1 Å². The Labute approximate surface area is 123 Å². The minimum absolute atomic E-state index is 0.00333. The summed E-state index contributed by atoms with van der Waals surface area (Å²) in [4.78, 5) is 12.1. The summed E-state index contributed by atoms with van der Waals surface area (Å²) < 4.78 is 13.0. The van der Waals surface area contributed by atoms with Crippen LogP contribution in [0, 0.1) is 11.7 Å². The van der Waals surface area contributed by atoms with Gasteiger partial charge in [-0.25, -0.2) is 4.39 Å². The van der Waals surface area contributed by atoms with Gasteiger partial charge in [-0.1, -0.05) is 31.0 Å². The lowest BCUT2D eigenvalue weighted by atomic mass is 9.90. The molecule has 0 aliphatic carbocycles. The maximum Gasteiger partial charge on any atom is 0.237 e. The van der Waals surface area contributed by atoms with E-state index < -0.39 is 5.82 Å². The minimum Gasteiger partial charge on any atom is -0.351 e. The molecule has 3 nitrogen and oxygen atoms in total. The van der Waals surface area contributed by atoms with Gasteiger partial charge in [-0.3, -0.25) is 4.79 Å². The first-order valence-corrected chi connectivity index (χ1v) is 7.43. The third kappa shape index (κ3) is 3.93. The summed E-state index contributed by atoms with van der Waals surface area (Å²) in [5.41, 5.74) is 0.799. The Hall–Kier alpha value is -1.13. The highest BCUT2D eigenvalue weighted by Gasteiger charge is 2.25. The number of rotatable bonds is 4. The van der Waals surface area contributed by atoms with Gasteiger partial charge in [0.25, 0.3) is 0 Å². The lowest BCUT2D eigenvalue weighted by Gasteiger charge is -2.28. The molecule has 1 aromatic carbocycles. The molecule has 0 bridgehead atoms. The van der Waals surface area contributed by atoms with Gasteiger partial charge in [0.05, 0.1) is 11.1 Å². The Balaban J connectivity index is 1.86. The first-order valence-electron chi connectivity index (χ1n) is 7.05. The Bertz CT molecular complexity index is 481. The van der Waals surface area contributed by atoms with E-state index in [9.17, 15) is 9.18 Å². The largest absolute Gasteiger partial charge is 0.351 e. The molecule has 1 aliphatic heterocycles. The summed E-state index contributed by atoms with van der Waals surface area (Å²) in [7, 11) is 0. The van der Waals surface area contributed by atoms with Crippen LogP contribution in [0.2, 0.25) is 5.02 Å². The molecule has 1 aromatic rings. The summed E-state index contributed by atoms with van der Waals surface area (Å²) in [6, 6.07) is 4.37. The molecule has 0 saturated carbocycles. The summed E-state index contributed by atoms with van der Waals surface area (Å²) in [6.07, 6.45) is 3.12. The van der Waals surface area contributed by atoms with Crippen LogP contribution in [-0.4, -0.2) is 18.5 Å². The van der Waals surface area contributed by atoms with Gasteiger partial charge >= 0.3 is 0 Å². The fourth-order valence-corrected chi connectivity index (χ4v) is 2.73.